The highest BCUT2D eigenvalue weighted by Crippen LogP contribution is 2.43. The van der Waals surface area contributed by atoms with Gasteiger partial charge in [-0.05, 0) is 41.8 Å². The highest BCUT2D eigenvalue weighted by molar-refractivity contribution is 7.21. The predicted octanol–water partition coefficient (Wildman–Crippen LogP) is 9.02. The van der Waals surface area contributed by atoms with Crippen molar-refractivity contribution in [1.82, 2.24) is 4.98 Å². The first-order valence-electron chi connectivity index (χ1n) is 13.1. The van der Waals surface area contributed by atoms with E-state index in [0.717, 1.165) is 27.9 Å². The molecule has 42 heavy (non-hydrogen) atoms. The van der Waals surface area contributed by atoms with Gasteiger partial charge in [0.15, 0.2) is 0 Å². The van der Waals surface area contributed by atoms with Crippen molar-refractivity contribution in [3.05, 3.63) is 112 Å². The number of halogens is 1. The summed E-state index contributed by atoms with van der Waals surface area (Å²) in [6, 6.07) is 28.8. The molecule has 0 saturated carbocycles. The number of carbonyl (C=O) groups excluding carboxylic acids is 2. The summed E-state index contributed by atoms with van der Waals surface area (Å²) in [5, 5.41) is 6.48. The number of rotatable bonds is 7. The molecule has 0 fully saturated rings. The van der Waals surface area contributed by atoms with Gasteiger partial charge in [-0.25, -0.2) is 9.78 Å². The first-order valence-corrected chi connectivity index (χ1v) is 15.2. The molecule has 6 nitrogen and oxygen atoms in total. The Kier molecular flexibility index (Phi) is 7.75. The minimum Gasteiger partial charge on any atom is -0.462 e. The number of nitrogens with zero attached hydrogens (tertiary/aromatic N) is 1. The van der Waals surface area contributed by atoms with Crippen molar-refractivity contribution in [2.45, 2.75) is 6.92 Å². The molecule has 3 aromatic heterocycles. The summed E-state index contributed by atoms with van der Waals surface area (Å²) in [5.41, 5.74) is 12.3. The maximum Gasteiger partial charge on any atom is 0.341 e. The van der Waals surface area contributed by atoms with Crippen molar-refractivity contribution in [2.75, 3.05) is 17.7 Å². The summed E-state index contributed by atoms with van der Waals surface area (Å²) in [5.74, 6) is -0.928. The van der Waals surface area contributed by atoms with Crippen LogP contribution >= 0.6 is 34.3 Å². The van der Waals surface area contributed by atoms with E-state index in [1.807, 2.05) is 96.4 Å². The lowest BCUT2D eigenvalue weighted by Crippen LogP contribution is -2.15. The number of pyridine rings is 1. The van der Waals surface area contributed by atoms with Crippen LogP contribution in [0.1, 0.15) is 27.0 Å². The molecular formula is C33H24ClN3O3S2. The van der Waals surface area contributed by atoms with Crippen molar-refractivity contribution in [3.63, 3.8) is 0 Å². The second kappa shape index (κ2) is 11.8. The van der Waals surface area contributed by atoms with E-state index in [4.69, 9.17) is 27.1 Å². The Hall–Kier alpha value is -4.50. The summed E-state index contributed by atoms with van der Waals surface area (Å²) in [4.78, 5) is 32.6. The number of carbonyl (C=O) groups is 2. The molecule has 0 aliphatic heterocycles. The lowest BCUT2D eigenvalue weighted by atomic mass is 9.99. The number of anilines is 2. The quantitative estimate of drug-likeness (QED) is 0.176. The van der Waals surface area contributed by atoms with Gasteiger partial charge in [0.2, 0.25) is 0 Å². The Balaban J connectivity index is 1.45. The third kappa shape index (κ3) is 5.27. The van der Waals surface area contributed by atoms with E-state index in [1.54, 1.807) is 6.92 Å². The number of amides is 1. The average molecular weight is 610 g/mol. The van der Waals surface area contributed by atoms with E-state index in [-0.39, 0.29) is 6.61 Å². The number of nitrogens with one attached hydrogen (secondary N) is 1. The Labute approximate surface area is 255 Å². The van der Waals surface area contributed by atoms with E-state index < -0.39 is 11.9 Å². The number of nitrogen functional groups attached to an aromatic ring is 1. The molecular weight excluding hydrogens is 586 g/mol. The first kappa shape index (κ1) is 27.7. The molecule has 0 bridgehead atoms. The summed E-state index contributed by atoms with van der Waals surface area (Å²) >= 11 is 8.65. The number of thiophene rings is 2. The molecule has 1 amide bonds. The van der Waals surface area contributed by atoms with Crippen LogP contribution in [0.5, 0.6) is 0 Å². The number of fused-ring (bicyclic) bond motifs is 1. The maximum absolute atomic E-state index is 13.8. The van der Waals surface area contributed by atoms with Gasteiger partial charge in [0.05, 0.1) is 18.0 Å². The SMILES string of the molecule is CCOC(=O)c1c(-c2ccccc2)csc1NC(=O)c1sc2nc(-c3ccccc3)cc(-c3ccc(Cl)cc3)c2c1N. The molecule has 0 atom stereocenters. The molecule has 3 aromatic carbocycles. The van der Waals surface area contributed by atoms with Crippen LogP contribution in [0.3, 0.4) is 0 Å². The van der Waals surface area contributed by atoms with Gasteiger partial charge in [-0.15, -0.1) is 22.7 Å². The molecule has 0 radical (unpaired) electrons. The molecule has 3 N–H and O–H groups in total. The van der Waals surface area contributed by atoms with Crippen LogP contribution < -0.4 is 11.1 Å². The highest BCUT2D eigenvalue weighted by atomic mass is 35.5. The van der Waals surface area contributed by atoms with Crippen molar-refractivity contribution in [3.8, 4) is 33.5 Å². The monoisotopic (exact) mass is 609 g/mol. The van der Waals surface area contributed by atoms with E-state index >= 15 is 0 Å². The lowest BCUT2D eigenvalue weighted by Gasteiger charge is -2.09. The first-order chi connectivity index (χ1) is 20.4. The van der Waals surface area contributed by atoms with Gasteiger partial charge in [0.25, 0.3) is 5.91 Å². The minimum absolute atomic E-state index is 0.211. The number of hydrogen-bond donors (Lipinski definition) is 2. The van der Waals surface area contributed by atoms with Gasteiger partial charge in [0.1, 0.15) is 20.3 Å². The summed E-state index contributed by atoms with van der Waals surface area (Å²) < 4.78 is 5.35. The van der Waals surface area contributed by atoms with Crippen molar-refractivity contribution in [2.24, 2.45) is 0 Å². The van der Waals surface area contributed by atoms with Gasteiger partial charge >= 0.3 is 5.97 Å². The van der Waals surface area contributed by atoms with E-state index in [0.29, 0.717) is 41.9 Å². The maximum atomic E-state index is 13.8. The molecule has 0 aliphatic carbocycles. The van der Waals surface area contributed by atoms with E-state index in [9.17, 15) is 9.59 Å². The van der Waals surface area contributed by atoms with E-state index in [1.165, 1.54) is 22.7 Å². The van der Waals surface area contributed by atoms with Crippen LogP contribution in [0.15, 0.2) is 96.4 Å². The highest BCUT2D eigenvalue weighted by Gasteiger charge is 2.26. The summed E-state index contributed by atoms with van der Waals surface area (Å²) in [6.45, 7) is 1.96. The van der Waals surface area contributed by atoms with Crippen LogP contribution in [-0.2, 0) is 4.74 Å². The van der Waals surface area contributed by atoms with Crippen molar-refractivity contribution < 1.29 is 14.3 Å². The Morgan fingerprint density at radius 2 is 1.55 bits per heavy atom. The zero-order chi connectivity index (χ0) is 29.2. The van der Waals surface area contributed by atoms with Crippen LogP contribution in [-0.4, -0.2) is 23.5 Å². The van der Waals surface area contributed by atoms with Crippen molar-refractivity contribution in [1.29, 1.82) is 0 Å². The third-order valence-electron chi connectivity index (χ3n) is 6.71. The molecule has 6 aromatic rings. The Morgan fingerprint density at radius 3 is 2.21 bits per heavy atom. The predicted molar refractivity (Wildman–Crippen MR) is 174 cm³/mol. The van der Waals surface area contributed by atoms with Crippen LogP contribution in [0, 0.1) is 0 Å². The molecule has 0 spiro atoms. The average Bonchev–Trinajstić information content (AvgIpc) is 3.59. The fourth-order valence-corrected chi connectivity index (χ4v) is 6.84. The summed E-state index contributed by atoms with van der Waals surface area (Å²) in [6.07, 6.45) is 0. The second-order valence-corrected chi connectivity index (χ2v) is 11.7. The smallest absolute Gasteiger partial charge is 0.341 e. The number of aromatic nitrogens is 1. The largest absolute Gasteiger partial charge is 0.462 e. The minimum atomic E-state index is -0.503. The van der Waals surface area contributed by atoms with Gasteiger partial charge in [0, 0.05) is 26.9 Å². The van der Waals surface area contributed by atoms with E-state index in [2.05, 4.69) is 5.32 Å². The third-order valence-corrected chi connectivity index (χ3v) is 8.96. The number of ether oxygens (including phenoxy) is 1. The van der Waals surface area contributed by atoms with Crippen LogP contribution in [0.4, 0.5) is 10.7 Å². The van der Waals surface area contributed by atoms with Gasteiger partial charge in [-0.3, -0.25) is 4.79 Å². The normalized spacial score (nSPS) is 11.0. The van der Waals surface area contributed by atoms with Gasteiger partial charge in [-0.2, -0.15) is 0 Å². The molecule has 3 heterocycles. The van der Waals surface area contributed by atoms with Crippen LogP contribution in [0.2, 0.25) is 5.02 Å². The lowest BCUT2D eigenvalue weighted by molar-refractivity contribution is 0.0529. The second-order valence-electron chi connectivity index (χ2n) is 9.35. The fourth-order valence-electron chi connectivity index (χ4n) is 4.75. The number of esters is 1. The van der Waals surface area contributed by atoms with Crippen molar-refractivity contribution >= 4 is 67.1 Å². The summed E-state index contributed by atoms with van der Waals surface area (Å²) in [7, 11) is 0. The molecule has 6 rings (SSSR count). The molecule has 0 aliphatic rings. The zero-order valence-corrected chi connectivity index (χ0v) is 24.8. The molecule has 9 heteroatoms. The number of nitrogens with two attached hydrogens (primary N) is 1. The number of hydrogen-bond acceptors (Lipinski definition) is 7. The zero-order valence-electron chi connectivity index (χ0n) is 22.4. The topological polar surface area (TPSA) is 94.3 Å². The van der Waals surface area contributed by atoms with Gasteiger partial charge < -0.3 is 15.8 Å². The molecule has 0 unspecified atom stereocenters. The number of benzene rings is 3. The Morgan fingerprint density at radius 1 is 0.905 bits per heavy atom. The molecule has 208 valence electrons. The fraction of sp³-hybridized carbons (Fsp3) is 0.0606. The van der Waals surface area contributed by atoms with Crippen LogP contribution in [0.25, 0.3) is 43.7 Å². The standard InChI is InChI=1S/C33H24ClN3O3S2/c1-2-40-33(39)27-24(19-9-5-3-6-10-19)18-41-31(27)37-30(38)29-28(35)26-23(20-13-15-22(34)16-14-20)17-25(36-32(26)42-29)21-11-7-4-8-12-21/h3-18H,2,35H2,1H3,(H,37,38). The Bertz CT molecular complexity index is 1920. The molecule has 0 saturated heterocycles. The van der Waals surface area contributed by atoms with Gasteiger partial charge in [-0.1, -0.05) is 84.4 Å².